The maximum Gasteiger partial charge on any atom is 0.248 e. The number of thiazole rings is 1. The highest BCUT2D eigenvalue weighted by Gasteiger charge is 2.33. The molecule has 150 valence electrons. The van der Waals surface area contributed by atoms with Gasteiger partial charge in [-0.2, -0.15) is 20.1 Å². The average molecular weight is 432 g/mol. The summed E-state index contributed by atoms with van der Waals surface area (Å²) in [4.78, 5) is 31.5. The van der Waals surface area contributed by atoms with Gasteiger partial charge in [-0.25, -0.2) is 4.98 Å². The van der Waals surface area contributed by atoms with Gasteiger partial charge in [-0.15, -0.1) is 11.3 Å². The molecule has 0 radical (unpaired) electrons. The Balaban J connectivity index is 1.34. The van der Waals surface area contributed by atoms with Crippen molar-refractivity contribution in [3.63, 3.8) is 0 Å². The largest absolute Gasteiger partial charge is 0.329 e. The third-order valence-electron chi connectivity index (χ3n) is 4.91. The number of hydrogen-bond acceptors (Lipinski definition) is 9. The first-order chi connectivity index (χ1) is 14.2. The second kappa shape index (κ2) is 7.56. The molecular formula is C17H18ClN9OS. The second-order valence-electron chi connectivity index (χ2n) is 7.01. The lowest BCUT2D eigenvalue weighted by molar-refractivity contribution is -0.117. The van der Waals surface area contributed by atoms with Crippen molar-refractivity contribution >= 4 is 51.7 Å². The third-order valence-corrected chi connectivity index (χ3v) is 5.77. The number of aromatic amines is 1. The summed E-state index contributed by atoms with van der Waals surface area (Å²) in [6.07, 6.45) is 5.55. The van der Waals surface area contributed by atoms with Crippen LogP contribution in [-0.4, -0.2) is 48.6 Å². The molecule has 12 heteroatoms. The smallest absolute Gasteiger partial charge is 0.248 e. The number of H-pyrrole nitrogens is 1. The Morgan fingerprint density at radius 3 is 2.97 bits per heavy atom. The van der Waals surface area contributed by atoms with Crippen LogP contribution in [0.5, 0.6) is 0 Å². The van der Waals surface area contributed by atoms with E-state index in [0.717, 1.165) is 12.1 Å². The van der Waals surface area contributed by atoms with E-state index in [2.05, 4.69) is 40.8 Å². The quantitative estimate of drug-likeness (QED) is 0.544. The van der Waals surface area contributed by atoms with Crippen molar-refractivity contribution in [3.05, 3.63) is 28.6 Å². The molecule has 4 heterocycles. The zero-order valence-corrected chi connectivity index (χ0v) is 16.9. The van der Waals surface area contributed by atoms with E-state index in [4.69, 9.17) is 11.6 Å². The third kappa shape index (κ3) is 4.01. The summed E-state index contributed by atoms with van der Waals surface area (Å²) >= 11 is 7.52. The highest BCUT2D eigenvalue weighted by Crippen LogP contribution is 2.39. The standard InChI is InChI=1S/C17H18ClN9OS/c18-14-22-15(20-12-8-10(25-26-12)9-3-4-9)24-16(23-14)27-6-1-2-11(27)13(28)21-17-19-5-7-29-17/h5,7-9,11H,1-4,6H2,(H,19,21,28)(H2,20,22,23,24,25,26)/t11-/m0/s1. The van der Waals surface area contributed by atoms with Gasteiger partial charge in [0.2, 0.25) is 23.1 Å². The molecule has 2 fully saturated rings. The highest BCUT2D eigenvalue weighted by molar-refractivity contribution is 7.13. The van der Waals surface area contributed by atoms with E-state index in [-0.39, 0.29) is 17.2 Å². The molecule has 29 heavy (non-hydrogen) atoms. The van der Waals surface area contributed by atoms with Crippen molar-refractivity contribution in [1.29, 1.82) is 0 Å². The minimum Gasteiger partial charge on any atom is -0.329 e. The molecule has 0 aromatic carbocycles. The maximum atomic E-state index is 12.7. The Kier molecular flexibility index (Phi) is 4.76. The molecule has 2 aliphatic rings. The van der Waals surface area contributed by atoms with Crippen molar-refractivity contribution in [1.82, 2.24) is 30.1 Å². The number of carbonyl (C=O) groups excluding carboxylic acids is 1. The van der Waals surface area contributed by atoms with E-state index in [1.165, 1.54) is 24.2 Å². The van der Waals surface area contributed by atoms with Crippen molar-refractivity contribution in [2.75, 3.05) is 22.1 Å². The van der Waals surface area contributed by atoms with Crippen LogP contribution in [0.3, 0.4) is 0 Å². The molecule has 5 rings (SSSR count). The summed E-state index contributed by atoms with van der Waals surface area (Å²) in [5.41, 5.74) is 1.03. The number of aromatic nitrogens is 6. The van der Waals surface area contributed by atoms with Crippen molar-refractivity contribution < 1.29 is 4.79 Å². The molecule has 1 atom stereocenters. The summed E-state index contributed by atoms with van der Waals surface area (Å²) in [7, 11) is 0. The molecule has 3 aromatic heterocycles. The number of hydrogen-bond donors (Lipinski definition) is 3. The molecule has 0 bridgehead atoms. The zero-order chi connectivity index (χ0) is 19.8. The molecule has 0 unspecified atom stereocenters. The lowest BCUT2D eigenvalue weighted by Crippen LogP contribution is -2.40. The van der Waals surface area contributed by atoms with E-state index in [9.17, 15) is 4.79 Å². The first-order valence-electron chi connectivity index (χ1n) is 9.36. The fraction of sp³-hybridized carbons (Fsp3) is 0.412. The van der Waals surface area contributed by atoms with E-state index in [0.29, 0.717) is 41.7 Å². The van der Waals surface area contributed by atoms with Gasteiger partial charge >= 0.3 is 0 Å². The maximum absolute atomic E-state index is 12.7. The van der Waals surface area contributed by atoms with Crippen LogP contribution in [0.25, 0.3) is 0 Å². The summed E-state index contributed by atoms with van der Waals surface area (Å²) < 4.78 is 0. The molecule has 1 aliphatic carbocycles. The minimum absolute atomic E-state index is 0.0606. The molecular weight excluding hydrogens is 414 g/mol. The Bertz CT molecular complexity index is 1020. The number of amides is 1. The van der Waals surface area contributed by atoms with Crippen LogP contribution in [0.4, 0.5) is 22.8 Å². The lowest BCUT2D eigenvalue weighted by atomic mass is 10.2. The van der Waals surface area contributed by atoms with Gasteiger partial charge in [0.1, 0.15) is 11.9 Å². The second-order valence-corrected chi connectivity index (χ2v) is 8.24. The van der Waals surface area contributed by atoms with Crippen LogP contribution in [0.15, 0.2) is 17.6 Å². The van der Waals surface area contributed by atoms with E-state index >= 15 is 0 Å². The van der Waals surface area contributed by atoms with Crippen LogP contribution in [-0.2, 0) is 4.79 Å². The van der Waals surface area contributed by atoms with Gasteiger partial charge in [-0.3, -0.25) is 9.89 Å². The lowest BCUT2D eigenvalue weighted by Gasteiger charge is -2.23. The van der Waals surface area contributed by atoms with Gasteiger partial charge in [-0.1, -0.05) is 0 Å². The van der Waals surface area contributed by atoms with Crippen LogP contribution in [0.2, 0.25) is 5.28 Å². The fourth-order valence-electron chi connectivity index (χ4n) is 3.39. The minimum atomic E-state index is -0.390. The van der Waals surface area contributed by atoms with Gasteiger partial charge in [0.25, 0.3) is 0 Å². The summed E-state index contributed by atoms with van der Waals surface area (Å²) in [5, 5.41) is 15.6. The monoisotopic (exact) mass is 431 g/mol. The number of nitrogens with one attached hydrogen (secondary N) is 3. The van der Waals surface area contributed by atoms with Gasteiger partial charge < -0.3 is 15.5 Å². The van der Waals surface area contributed by atoms with Crippen LogP contribution >= 0.6 is 22.9 Å². The number of carbonyl (C=O) groups is 1. The zero-order valence-electron chi connectivity index (χ0n) is 15.3. The van der Waals surface area contributed by atoms with Crippen LogP contribution < -0.4 is 15.5 Å². The molecule has 1 aliphatic heterocycles. The SMILES string of the molecule is O=C(Nc1nccs1)[C@@H]1CCCN1c1nc(Cl)nc(Nc2cc(C3CC3)n[nH]2)n1. The van der Waals surface area contributed by atoms with Crippen molar-refractivity contribution in [3.8, 4) is 0 Å². The van der Waals surface area contributed by atoms with Crippen LogP contribution in [0, 0.1) is 0 Å². The van der Waals surface area contributed by atoms with Crippen LogP contribution in [0.1, 0.15) is 37.3 Å². The molecule has 3 aromatic rings. The molecule has 3 N–H and O–H groups in total. The number of anilines is 4. The summed E-state index contributed by atoms with van der Waals surface area (Å²) in [5.74, 6) is 1.77. The molecule has 1 saturated heterocycles. The number of halogens is 1. The summed E-state index contributed by atoms with van der Waals surface area (Å²) in [6.45, 7) is 0.658. The average Bonchev–Trinajstić information content (AvgIpc) is 3.11. The number of rotatable bonds is 6. The van der Waals surface area contributed by atoms with E-state index < -0.39 is 0 Å². The van der Waals surface area contributed by atoms with Gasteiger partial charge in [-0.05, 0) is 37.3 Å². The normalized spacial score (nSPS) is 18.8. The fourth-order valence-corrected chi connectivity index (χ4v) is 4.07. The van der Waals surface area contributed by atoms with Crippen molar-refractivity contribution in [2.45, 2.75) is 37.6 Å². The Labute approximate surface area is 175 Å². The predicted octanol–water partition coefficient (Wildman–Crippen LogP) is 2.93. The first kappa shape index (κ1) is 18.3. The Morgan fingerprint density at radius 1 is 1.28 bits per heavy atom. The Morgan fingerprint density at radius 2 is 2.17 bits per heavy atom. The Hall–Kier alpha value is -2.79. The number of nitrogens with zero attached hydrogens (tertiary/aromatic N) is 6. The molecule has 10 nitrogen and oxygen atoms in total. The molecule has 0 spiro atoms. The van der Waals surface area contributed by atoms with E-state index in [1.807, 2.05) is 16.3 Å². The predicted molar refractivity (Wildman–Crippen MR) is 110 cm³/mol. The topological polar surface area (TPSA) is 125 Å². The van der Waals surface area contributed by atoms with Crippen molar-refractivity contribution in [2.24, 2.45) is 0 Å². The molecule has 1 saturated carbocycles. The van der Waals surface area contributed by atoms with E-state index in [1.54, 1.807) is 6.20 Å². The van der Waals surface area contributed by atoms with Gasteiger partial charge in [0.15, 0.2) is 5.13 Å². The first-order valence-corrected chi connectivity index (χ1v) is 10.6. The molecule has 1 amide bonds. The summed E-state index contributed by atoms with van der Waals surface area (Å²) in [6, 6.07) is 1.56. The van der Waals surface area contributed by atoms with Gasteiger partial charge in [0.05, 0.1) is 5.69 Å². The van der Waals surface area contributed by atoms with Gasteiger partial charge in [0, 0.05) is 30.1 Å². The highest BCUT2D eigenvalue weighted by atomic mass is 35.5.